The fourth-order valence-electron chi connectivity index (χ4n) is 2.83. The van der Waals surface area contributed by atoms with Gasteiger partial charge < -0.3 is 0 Å². The molecule has 0 heteroatoms. The summed E-state index contributed by atoms with van der Waals surface area (Å²) in [5.74, 6) is 3.01. The second kappa shape index (κ2) is 4.89. The van der Waals surface area contributed by atoms with Crippen molar-refractivity contribution in [2.24, 2.45) is 17.8 Å². The van der Waals surface area contributed by atoms with Crippen LogP contribution in [0.5, 0.6) is 0 Å². The van der Waals surface area contributed by atoms with Gasteiger partial charge in [0.15, 0.2) is 0 Å². The van der Waals surface area contributed by atoms with E-state index < -0.39 is 0 Å². The van der Waals surface area contributed by atoms with Crippen molar-refractivity contribution in [1.29, 1.82) is 0 Å². The fourth-order valence-corrected chi connectivity index (χ4v) is 2.83. The van der Waals surface area contributed by atoms with Crippen LogP contribution in [0, 0.1) is 17.8 Å². The molecular weight excluding hydrogens is 144 g/mol. The molecule has 72 valence electrons. The maximum atomic E-state index is 2.40. The van der Waals surface area contributed by atoms with Crippen LogP contribution >= 0.6 is 0 Å². The molecule has 0 saturated heterocycles. The molecule has 0 radical (unpaired) electrons. The zero-order valence-electron chi connectivity index (χ0n) is 8.97. The Morgan fingerprint density at radius 1 is 1.17 bits per heavy atom. The molecule has 0 heterocycles. The Hall–Kier alpha value is 0. The molecule has 1 rings (SSSR count). The molecule has 1 atom stereocenters. The van der Waals surface area contributed by atoms with E-state index in [1.54, 1.807) is 0 Å². The molecule has 0 aromatic carbocycles. The van der Waals surface area contributed by atoms with Gasteiger partial charge in [-0.25, -0.2) is 0 Å². The molecule has 1 fully saturated rings. The minimum atomic E-state index is 0.910. The normalized spacial score (nSPS) is 22.0. The van der Waals surface area contributed by atoms with Crippen molar-refractivity contribution in [3.8, 4) is 0 Å². The summed E-state index contributed by atoms with van der Waals surface area (Å²) in [5.41, 5.74) is 0. The van der Waals surface area contributed by atoms with Crippen molar-refractivity contribution >= 4 is 0 Å². The van der Waals surface area contributed by atoms with Gasteiger partial charge in [0.05, 0.1) is 0 Å². The van der Waals surface area contributed by atoms with E-state index in [9.17, 15) is 0 Å². The Bertz CT molecular complexity index is 109. The molecular formula is C12H24. The predicted octanol–water partition coefficient (Wildman–Crippen LogP) is 4.25. The lowest BCUT2D eigenvalue weighted by molar-refractivity contribution is 0.239. The molecule has 1 aliphatic carbocycles. The molecule has 1 aliphatic rings. The zero-order chi connectivity index (χ0) is 8.97. The molecule has 0 aromatic rings. The highest BCUT2D eigenvalue weighted by Gasteiger charge is 2.26. The lowest BCUT2D eigenvalue weighted by Gasteiger charge is -2.26. The first kappa shape index (κ1) is 10.1. The molecule has 0 aromatic heterocycles. The summed E-state index contributed by atoms with van der Waals surface area (Å²) >= 11 is 0. The Morgan fingerprint density at radius 2 is 1.75 bits per heavy atom. The highest BCUT2D eigenvalue weighted by atomic mass is 14.3. The Balaban J connectivity index is 2.40. The van der Waals surface area contributed by atoms with E-state index in [0.717, 1.165) is 17.8 Å². The molecule has 0 unspecified atom stereocenters. The van der Waals surface area contributed by atoms with Gasteiger partial charge in [-0.3, -0.25) is 0 Å². The molecule has 0 bridgehead atoms. The molecule has 0 N–H and O–H groups in total. The first-order valence-corrected chi connectivity index (χ1v) is 5.75. The van der Waals surface area contributed by atoms with Crippen molar-refractivity contribution in [3.05, 3.63) is 0 Å². The van der Waals surface area contributed by atoms with Gasteiger partial charge in [-0.05, 0) is 17.8 Å². The highest BCUT2D eigenvalue weighted by Crippen LogP contribution is 2.37. The molecule has 1 saturated carbocycles. The van der Waals surface area contributed by atoms with Crippen LogP contribution < -0.4 is 0 Å². The van der Waals surface area contributed by atoms with E-state index >= 15 is 0 Å². The maximum Gasteiger partial charge on any atom is -0.0363 e. The topological polar surface area (TPSA) is 0 Å². The summed E-state index contributed by atoms with van der Waals surface area (Å²) in [6.45, 7) is 7.13. The van der Waals surface area contributed by atoms with Crippen LogP contribution in [0.3, 0.4) is 0 Å². The maximum absolute atomic E-state index is 2.40. The van der Waals surface area contributed by atoms with Crippen molar-refractivity contribution in [1.82, 2.24) is 0 Å². The third-order valence-corrected chi connectivity index (χ3v) is 3.48. The molecule has 0 nitrogen and oxygen atoms in total. The summed E-state index contributed by atoms with van der Waals surface area (Å²) in [6.07, 6.45) is 8.86. The summed E-state index contributed by atoms with van der Waals surface area (Å²) in [6, 6.07) is 0. The van der Waals surface area contributed by atoms with Crippen LogP contribution in [0.4, 0.5) is 0 Å². The van der Waals surface area contributed by atoms with E-state index in [1.807, 2.05) is 0 Å². The Kier molecular flexibility index (Phi) is 4.11. The van der Waals surface area contributed by atoms with Gasteiger partial charge in [0, 0.05) is 0 Å². The Morgan fingerprint density at radius 3 is 2.17 bits per heavy atom. The van der Waals surface area contributed by atoms with Gasteiger partial charge in [0.25, 0.3) is 0 Å². The number of rotatable bonds is 4. The smallest absolute Gasteiger partial charge is 0.0363 e. The van der Waals surface area contributed by atoms with Crippen LogP contribution in [0.25, 0.3) is 0 Å². The van der Waals surface area contributed by atoms with Crippen LogP contribution in [0.2, 0.25) is 0 Å². The quantitative estimate of drug-likeness (QED) is 0.588. The number of hydrogen-bond donors (Lipinski definition) is 0. The summed E-state index contributed by atoms with van der Waals surface area (Å²) < 4.78 is 0. The van der Waals surface area contributed by atoms with Crippen LogP contribution in [0.15, 0.2) is 0 Å². The van der Waals surface area contributed by atoms with E-state index in [4.69, 9.17) is 0 Å². The molecule has 0 amide bonds. The summed E-state index contributed by atoms with van der Waals surface area (Å²) in [5, 5.41) is 0. The second-order valence-electron chi connectivity index (χ2n) is 4.74. The third-order valence-electron chi connectivity index (χ3n) is 3.48. The average Bonchev–Trinajstić information content (AvgIpc) is 2.51. The van der Waals surface area contributed by atoms with E-state index in [-0.39, 0.29) is 0 Å². The van der Waals surface area contributed by atoms with Gasteiger partial charge in [0.2, 0.25) is 0 Å². The third kappa shape index (κ3) is 2.50. The van der Waals surface area contributed by atoms with Gasteiger partial charge in [-0.1, -0.05) is 59.3 Å². The van der Waals surface area contributed by atoms with Crippen molar-refractivity contribution < 1.29 is 0 Å². The van der Waals surface area contributed by atoms with E-state index in [2.05, 4.69) is 20.8 Å². The van der Waals surface area contributed by atoms with Crippen LogP contribution in [0.1, 0.15) is 59.3 Å². The van der Waals surface area contributed by atoms with Crippen LogP contribution in [-0.4, -0.2) is 0 Å². The first-order valence-electron chi connectivity index (χ1n) is 5.75. The van der Waals surface area contributed by atoms with Gasteiger partial charge >= 0.3 is 0 Å². The molecule has 12 heavy (non-hydrogen) atoms. The zero-order valence-corrected chi connectivity index (χ0v) is 8.97. The lowest BCUT2D eigenvalue weighted by atomic mass is 9.79. The molecule has 0 spiro atoms. The summed E-state index contributed by atoms with van der Waals surface area (Å²) in [7, 11) is 0. The largest absolute Gasteiger partial charge is 0.0654 e. The van der Waals surface area contributed by atoms with E-state index in [1.165, 1.54) is 38.5 Å². The summed E-state index contributed by atoms with van der Waals surface area (Å²) in [4.78, 5) is 0. The SMILES string of the molecule is CCC[C@@H](C(C)C)C1CCCC1. The van der Waals surface area contributed by atoms with Gasteiger partial charge in [0.1, 0.15) is 0 Å². The minimum absolute atomic E-state index is 0.910. The van der Waals surface area contributed by atoms with Crippen molar-refractivity contribution in [2.45, 2.75) is 59.3 Å². The molecule has 0 aliphatic heterocycles. The monoisotopic (exact) mass is 168 g/mol. The predicted molar refractivity (Wildman–Crippen MR) is 55.2 cm³/mol. The number of hydrogen-bond acceptors (Lipinski definition) is 0. The fraction of sp³-hybridized carbons (Fsp3) is 1.00. The van der Waals surface area contributed by atoms with Crippen LogP contribution in [-0.2, 0) is 0 Å². The van der Waals surface area contributed by atoms with Gasteiger partial charge in [-0.2, -0.15) is 0 Å². The Labute approximate surface area is 77.7 Å². The average molecular weight is 168 g/mol. The highest BCUT2D eigenvalue weighted by molar-refractivity contribution is 4.77. The lowest BCUT2D eigenvalue weighted by Crippen LogP contribution is -2.17. The minimum Gasteiger partial charge on any atom is -0.0654 e. The second-order valence-corrected chi connectivity index (χ2v) is 4.74. The van der Waals surface area contributed by atoms with Crippen molar-refractivity contribution in [2.75, 3.05) is 0 Å². The van der Waals surface area contributed by atoms with Gasteiger partial charge in [-0.15, -0.1) is 0 Å². The van der Waals surface area contributed by atoms with E-state index in [0.29, 0.717) is 0 Å². The standard InChI is InChI=1S/C12H24/c1-4-7-12(10(2)3)11-8-5-6-9-11/h10-12H,4-9H2,1-3H3/t12-/m0/s1. The first-order chi connectivity index (χ1) is 5.75. The van der Waals surface area contributed by atoms with Crippen molar-refractivity contribution in [3.63, 3.8) is 0 Å².